The van der Waals surface area contributed by atoms with Crippen molar-refractivity contribution in [3.63, 3.8) is 0 Å². The van der Waals surface area contributed by atoms with Crippen molar-refractivity contribution in [1.29, 1.82) is 0 Å². The summed E-state index contributed by atoms with van der Waals surface area (Å²) in [5, 5.41) is 0. The molecule has 0 spiro atoms. The van der Waals surface area contributed by atoms with Crippen molar-refractivity contribution in [1.82, 2.24) is 0 Å². The van der Waals surface area contributed by atoms with Crippen LogP contribution in [0.3, 0.4) is 0 Å². The van der Waals surface area contributed by atoms with Gasteiger partial charge in [-0.25, -0.2) is 0 Å². The van der Waals surface area contributed by atoms with E-state index in [9.17, 15) is 0 Å². The number of benzene rings is 5. The Labute approximate surface area is 242 Å². The van der Waals surface area contributed by atoms with Gasteiger partial charge in [0.1, 0.15) is 0 Å². The molecule has 0 nitrogen and oxygen atoms in total. The van der Waals surface area contributed by atoms with Gasteiger partial charge in [-0.05, 0) is 104 Å². The molecular weight excluding hydrogens is 480 g/mol. The van der Waals surface area contributed by atoms with Crippen LogP contribution in [0.5, 0.6) is 0 Å². The van der Waals surface area contributed by atoms with Gasteiger partial charge < -0.3 is 0 Å². The Morgan fingerprint density at radius 2 is 0.725 bits per heavy atom. The van der Waals surface area contributed by atoms with Crippen LogP contribution in [-0.4, -0.2) is 0 Å². The minimum atomic E-state index is 1.09. The van der Waals surface area contributed by atoms with Crippen LogP contribution in [0.15, 0.2) is 109 Å². The Morgan fingerprint density at radius 1 is 0.375 bits per heavy atom. The summed E-state index contributed by atoms with van der Waals surface area (Å²) >= 11 is 0. The fraction of sp³-hybridized carbons (Fsp3) is 0.250. The van der Waals surface area contributed by atoms with E-state index in [1.54, 1.807) is 0 Å². The van der Waals surface area contributed by atoms with E-state index >= 15 is 0 Å². The van der Waals surface area contributed by atoms with Gasteiger partial charge in [0.2, 0.25) is 0 Å². The maximum atomic E-state index is 2.27. The smallest absolute Gasteiger partial charge is 0.0155 e. The summed E-state index contributed by atoms with van der Waals surface area (Å²) in [6.07, 6.45) is 4.58. The predicted octanol–water partition coefficient (Wildman–Crippen LogP) is 11.0. The molecule has 0 atom stereocenters. The molecule has 0 aliphatic carbocycles. The molecule has 0 radical (unpaired) electrons. The zero-order chi connectivity index (χ0) is 28.5. The van der Waals surface area contributed by atoms with E-state index in [1.165, 1.54) is 79.6 Å². The van der Waals surface area contributed by atoms with Crippen LogP contribution in [0, 0.1) is 34.6 Å². The lowest BCUT2D eigenvalue weighted by atomic mass is 9.96. The van der Waals surface area contributed by atoms with E-state index < -0.39 is 0 Å². The number of hydrogen-bond acceptors (Lipinski definition) is 0. The van der Waals surface area contributed by atoms with Gasteiger partial charge in [-0.1, -0.05) is 139 Å². The van der Waals surface area contributed by atoms with E-state index in [0.29, 0.717) is 0 Å². The van der Waals surface area contributed by atoms with E-state index in [4.69, 9.17) is 0 Å². The Kier molecular flexibility index (Phi) is 10.1. The monoisotopic (exact) mass is 524 g/mol. The van der Waals surface area contributed by atoms with Gasteiger partial charge >= 0.3 is 0 Å². The van der Waals surface area contributed by atoms with Crippen LogP contribution < -0.4 is 0 Å². The quantitative estimate of drug-likeness (QED) is 0.199. The minimum absolute atomic E-state index is 1.09. The van der Waals surface area contributed by atoms with Gasteiger partial charge in [0.25, 0.3) is 0 Å². The van der Waals surface area contributed by atoms with Gasteiger partial charge in [-0.3, -0.25) is 0 Å². The fourth-order valence-corrected chi connectivity index (χ4v) is 5.31. The molecule has 0 unspecified atom stereocenters. The Hall–Kier alpha value is -3.90. The van der Waals surface area contributed by atoms with Crippen molar-refractivity contribution in [2.75, 3.05) is 0 Å². The second kappa shape index (κ2) is 13.9. The summed E-state index contributed by atoms with van der Waals surface area (Å²) in [7, 11) is 0. The summed E-state index contributed by atoms with van der Waals surface area (Å²) < 4.78 is 0. The molecule has 204 valence electrons. The van der Waals surface area contributed by atoms with Crippen LogP contribution in [-0.2, 0) is 19.3 Å². The number of hydrogen-bond donors (Lipinski definition) is 0. The normalized spacial score (nSPS) is 10.7. The van der Waals surface area contributed by atoms with Gasteiger partial charge in [-0.15, -0.1) is 0 Å². The highest BCUT2D eigenvalue weighted by Crippen LogP contribution is 2.26. The maximum absolute atomic E-state index is 2.27. The molecule has 40 heavy (non-hydrogen) atoms. The maximum Gasteiger partial charge on any atom is -0.0155 e. The lowest BCUT2D eigenvalue weighted by Gasteiger charge is -2.09. The van der Waals surface area contributed by atoms with Crippen molar-refractivity contribution in [3.8, 4) is 22.3 Å². The summed E-state index contributed by atoms with van der Waals surface area (Å²) in [4.78, 5) is 0. The molecule has 0 aromatic heterocycles. The van der Waals surface area contributed by atoms with Crippen LogP contribution in [0.1, 0.15) is 57.9 Å². The molecular formula is C40H44. The summed E-state index contributed by atoms with van der Waals surface area (Å²) in [5.41, 5.74) is 16.2. The van der Waals surface area contributed by atoms with Crippen molar-refractivity contribution < 1.29 is 0 Å². The van der Waals surface area contributed by atoms with E-state index in [1.807, 2.05) is 0 Å². The third-order valence-corrected chi connectivity index (χ3v) is 7.66. The highest BCUT2D eigenvalue weighted by molar-refractivity contribution is 5.68. The Morgan fingerprint density at radius 3 is 1.10 bits per heavy atom. The topological polar surface area (TPSA) is 0 Å². The average Bonchev–Trinajstić information content (AvgIpc) is 2.94. The molecule has 0 heteroatoms. The average molecular weight is 525 g/mol. The van der Waals surface area contributed by atoms with Crippen LogP contribution >= 0.6 is 0 Å². The lowest BCUT2D eigenvalue weighted by Crippen LogP contribution is -1.92. The second-order valence-electron chi connectivity index (χ2n) is 11.3. The third kappa shape index (κ3) is 8.06. The second-order valence-corrected chi connectivity index (χ2v) is 11.3. The minimum Gasteiger partial charge on any atom is -0.0651 e. The summed E-state index contributed by atoms with van der Waals surface area (Å²) in [6, 6.07) is 40.2. The standard InChI is InChI=1S/C23H24.C17H20/c1-17-4-7-20(8-5-17)9-10-21-11-13-22(14-12-21)23-15-6-18(2)16-19(23)3;1-4-5-15-7-9-16(10-8-15)17-11-6-13(2)12-14(17)3/h4-8,11-16H,9-10H2,1-3H3;6-12H,4-5H2,1-3H3. The molecule has 5 rings (SSSR count). The van der Waals surface area contributed by atoms with Gasteiger partial charge in [0.05, 0.1) is 0 Å². The Bertz CT molecular complexity index is 1500. The summed E-state index contributed by atoms with van der Waals surface area (Å²) in [6.45, 7) is 13.0. The molecule has 0 heterocycles. The molecule has 5 aromatic rings. The predicted molar refractivity (Wildman–Crippen MR) is 175 cm³/mol. The van der Waals surface area contributed by atoms with Crippen LogP contribution in [0.2, 0.25) is 0 Å². The first-order valence-corrected chi connectivity index (χ1v) is 14.7. The van der Waals surface area contributed by atoms with Crippen molar-refractivity contribution in [2.45, 2.75) is 67.2 Å². The Balaban J connectivity index is 0.000000194. The van der Waals surface area contributed by atoms with Crippen molar-refractivity contribution in [2.24, 2.45) is 0 Å². The van der Waals surface area contributed by atoms with E-state index in [0.717, 1.165) is 12.8 Å². The third-order valence-electron chi connectivity index (χ3n) is 7.66. The highest BCUT2D eigenvalue weighted by atomic mass is 14.1. The van der Waals surface area contributed by atoms with Crippen LogP contribution in [0.25, 0.3) is 22.3 Å². The van der Waals surface area contributed by atoms with Gasteiger partial charge in [0.15, 0.2) is 0 Å². The molecule has 0 saturated heterocycles. The first kappa shape index (κ1) is 29.1. The largest absolute Gasteiger partial charge is 0.0651 e. The van der Waals surface area contributed by atoms with Gasteiger partial charge in [-0.2, -0.15) is 0 Å². The number of aryl methyl sites for hydroxylation is 8. The molecule has 0 fully saturated rings. The van der Waals surface area contributed by atoms with Crippen molar-refractivity contribution in [3.05, 3.63) is 154 Å². The number of rotatable bonds is 7. The zero-order valence-electron chi connectivity index (χ0n) is 25.2. The SMILES string of the molecule is CCCc1ccc(-c2ccc(C)cc2C)cc1.Cc1ccc(CCc2ccc(-c3ccc(C)cc3C)cc2)cc1. The fourth-order valence-electron chi connectivity index (χ4n) is 5.31. The summed E-state index contributed by atoms with van der Waals surface area (Å²) in [5.74, 6) is 0. The van der Waals surface area contributed by atoms with E-state index in [2.05, 4.69) is 151 Å². The molecule has 0 N–H and O–H groups in total. The molecule has 0 amide bonds. The highest BCUT2D eigenvalue weighted by Gasteiger charge is 2.04. The van der Waals surface area contributed by atoms with Gasteiger partial charge in [0, 0.05) is 0 Å². The zero-order valence-corrected chi connectivity index (χ0v) is 25.2. The lowest BCUT2D eigenvalue weighted by molar-refractivity contribution is 0.922. The molecule has 0 bridgehead atoms. The van der Waals surface area contributed by atoms with Crippen LogP contribution in [0.4, 0.5) is 0 Å². The molecule has 5 aromatic carbocycles. The molecule has 0 aliphatic rings. The molecule has 0 saturated carbocycles. The molecule has 0 aliphatic heterocycles. The first-order valence-electron chi connectivity index (χ1n) is 14.7. The van der Waals surface area contributed by atoms with Crippen molar-refractivity contribution >= 4 is 0 Å². The first-order chi connectivity index (χ1) is 19.3. The van der Waals surface area contributed by atoms with E-state index in [-0.39, 0.29) is 0 Å².